The highest BCUT2D eigenvalue weighted by molar-refractivity contribution is 5.81. The van der Waals surface area contributed by atoms with Crippen molar-refractivity contribution >= 4 is 11.9 Å². The Morgan fingerprint density at radius 1 is 0.938 bits per heavy atom. The quantitative estimate of drug-likeness (QED) is 0.249. The number of aliphatic carboxylic acids is 1. The molecular weight excluding hydrogens is 400 g/mol. The Morgan fingerprint density at radius 3 is 2.28 bits per heavy atom. The molecular formula is C28H50O4. The summed E-state index contributed by atoms with van der Waals surface area (Å²) in [6.45, 7) is 11.9. The lowest BCUT2D eigenvalue weighted by atomic mass is 9.63. The van der Waals surface area contributed by atoms with E-state index in [1.165, 1.54) is 51.4 Å². The second kappa shape index (κ2) is 13.6. The van der Waals surface area contributed by atoms with Gasteiger partial charge in [-0.2, -0.15) is 0 Å². The van der Waals surface area contributed by atoms with E-state index < -0.39 is 17.8 Å². The van der Waals surface area contributed by atoms with Crippen molar-refractivity contribution in [3.8, 4) is 0 Å². The summed E-state index contributed by atoms with van der Waals surface area (Å²) in [6.07, 6.45) is 13.8. The summed E-state index contributed by atoms with van der Waals surface area (Å²) in [6, 6.07) is 0. The maximum atomic E-state index is 12.8. The largest absolute Gasteiger partial charge is 0.481 e. The minimum atomic E-state index is -0.844. The van der Waals surface area contributed by atoms with Crippen LogP contribution in [0.3, 0.4) is 0 Å². The zero-order valence-corrected chi connectivity index (χ0v) is 21.5. The molecule has 1 N–H and O–H groups in total. The summed E-state index contributed by atoms with van der Waals surface area (Å²) in [4.78, 5) is 24.5. The summed E-state index contributed by atoms with van der Waals surface area (Å²) >= 11 is 0. The lowest BCUT2D eigenvalue weighted by Crippen LogP contribution is -2.40. The highest BCUT2D eigenvalue weighted by Crippen LogP contribution is 2.45. The fourth-order valence-electron chi connectivity index (χ4n) is 6.56. The zero-order valence-electron chi connectivity index (χ0n) is 21.5. The van der Waals surface area contributed by atoms with Gasteiger partial charge in [-0.3, -0.25) is 9.59 Å². The molecule has 0 aliphatic heterocycles. The topological polar surface area (TPSA) is 63.6 Å². The smallest absolute Gasteiger partial charge is 0.309 e. The van der Waals surface area contributed by atoms with Gasteiger partial charge in [-0.25, -0.2) is 0 Å². The Labute approximate surface area is 197 Å². The van der Waals surface area contributed by atoms with Crippen molar-refractivity contribution in [2.24, 2.45) is 47.3 Å². The van der Waals surface area contributed by atoms with Gasteiger partial charge < -0.3 is 9.84 Å². The lowest BCUT2D eigenvalue weighted by molar-refractivity contribution is -0.162. The van der Waals surface area contributed by atoms with Gasteiger partial charge >= 0.3 is 11.9 Å². The van der Waals surface area contributed by atoms with E-state index in [1.807, 2.05) is 0 Å². The van der Waals surface area contributed by atoms with Crippen LogP contribution in [-0.4, -0.2) is 23.7 Å². The molecule has 0 amide bonds. The van der Waals surface area contributed by atoms with Crippen LogP contribution in [0.15, 0.2) is 0 Å². The molecule has 2 aliphatic carbocycles. The van der Waals surface area contributed by atoms with Crippen LogP contribution in [0.2, 0.25) is 0 Å². The molecule has 7 unspecified atom stereocenters. The highest BCUT2D eigenvalue weighted by atomic mass is 16.5. The van der Waals surface area contributed by atoms with Crippen LogP contribution in [0.25, 0.3) is 0 Å². The molecule has 2 saturated carbocycles. The van der Waals surface area contributed by atoms with E-state index in [-0.39, 0.29) is 5.97 Å². The fourth-order valence-corrected chi connectivity index (χ4v) is 6.56. The average Bonchev–Trinajstić information content (AvgIpc) is 2.75. The molecule has 4 heteroatoms. The van der Waals surface area contributed by atoms with Gasteiger partial charge in [0.05, 0.1) is 18.4 Å². The first-order chi connectivity index (χ1) is 15.3. The van der Waals surface area contributed by atoms with E-state index in [2.05, 4.69) is 34.6 Å². The molecule has 2 fully saturated rings. The first kappa shape index (κ1) is 27.2. The van der Waals surface area contributed by atoms with E-state index >= 15 is 0 Å². The van der Waals surface area contributed by atoms with E-state index in [9.17, 15) is 14.7 Å². The average molecular weight is 451 g/mol. The summed E-state index contributed by atoms with van der Waals surface area (Å²) in [5.41, 5.74) is 0. The van der Waals surface area contributed by atoms with Crippen LogP contribution in [0.5, 0.6) is 0 Å². The third-order valence-corrected chi connectivity index (χ3v) is 8.76. The summed E-state index contributed by atoms with van der Waals surface area (Å²) < 4.78 is 5.82. The molecule has 0 saturated heterocycles. The molecule has 0 heterocycles. The minimum Gasteiger partial charge on any atom is -0.481 e. The second-order valence-electron chi connectivity index (χ2n) is 11.4. The van der Waals surface area contributed by atoms with Gasteiger partial charge in [0, 0.05) is 0 Å². The van der Waals surface area contributed by atoms with Crippen molar-refractivity contribution in [3.05, 3.63) is 0 Å². The van der Waals surface area contributed by atoms with Crippen LogP contribution in [-0.2, 0) is 14.3 Å². The first-order valence-electron chi connectivity index (χ1n) is 13.7. The van der Waals surface area contributed by atoms with Crippen LogP contribution in [0, 0.1) is 47.3 Å². The monoisotopic (exact) mass is 450 g/mol. The molecule has 2 aliphatic rings. The highest BCUT2D eigenvalue weighted by Gasteiger charge is 2.41. The zero-order chi connectivity index (χ0) is 23.7. The molecule has 0 bridgehead atoms. The van der Waals surface area contributed by atoms with Crippen LogP contribution in [0.1, 0.15) is 112 Å². The number of unbranched alkanes of at least 4 members (excludes halogenated alkanes) is 5. The molecule has 2 rings (SSSR count). The number of carboxylic acid groups (broad SMARTS) is 1. The summed E-state index contributed by atoms with van der Waals surface area (Å²) in [7, 11) is 0. The van der Waals surface area contributed by atoms with Crippen molar-refractivity contribution < 1.29 is 19.4 Å². The first-order valence-corrected chi connectivity index (χ1v) is 13.7. The fraction of sp³-hybridized carbons (Fsp3) is 0.929. The van der Waals surface area contributed by atoms with Crippen molar-refractivity contribution in [1.29, 1.82) is 0 Å². The van der Waals surface area contributed by atoms with Gasteiger partial charge in [-0.15, -0.1) is 0 Å². The van der Waals surface area contributed by atoms with Gasteiger partial charge in [0.1, 0.15) is 0 Å². The third-order valence-electron chi connectivity index (χ3n) is 8.76. The number of ether oxygens (including phenoxy) is 1. The Bertz CT molecular complexity index is 572. The van der Waals surface area contributed by atoms with E-state index in [4.69, 9.17) is 4.74 Å². The lowest BCUT2D eigenvalue weighted by Gasteiger charge is -2.44. The van der Waals surface area contributed by atoms with Crippen LogP contribution in [0.4, 0.5) is 0 Å². The van der Waals surface area contributed by atoms with Crippen molar-refractivity contribution in [1.82, 2.24) is 0 Å². The predicted octanol–water partition coefficient (Wildman–Crippen LogP) is 7.35. The van der Waals surface area contributed by atoms with Crippen molar-refractivity contribution in [2.75, 3.05) is 6.61 Å². The molecule has 0 aromatic heterocycles. The molecule has 0 spiro atoms. The van der Waals surface area contributed by atoms with Gasteiger partial charge in [0.2, 0.25) is 0 Å². The van der Waals surface area contributed by atoms with E-state index in [1.54, 1.807) is 0 Å². The number of carboxylic acids is 1. The SMILES string of the molecule is CCCCCCCCC1C(C)C(COC(=O)C2CCC(C)CC2C(=O)O)CCC1C(C)C. The number of carbonyl (C=O) groups excluding carboxylic acids is 1. The van der Waals surface area contributed by atoms with Gasteiger partial charge in [-0.05, 0) is 74.0 Å². The normalized spacial score (nSPS) is 33.2. The number of hydrogen-bond acceptors (Lipinski definition) is 3. The number of hydrogen-bond donors (Lipinski definition) is 1. The molecule has 0 radical (unpaired) electrons. The molecule has 186 valence electrons. The standard InChI is InChI=1S/C28H50O4/c1-6-7-8-9-10-11-12-24-21(5)22(14-16-23(24)19(2)3)18-32-28(31)25-15-13-20(4)17-26(25)27(29)30/h19-26H,6-18H2,1-5H3,(H,29,30). The Morgan fingerprint density at radius 2 is 1.62 bits per heavy atom. The number of rotatable bonds is 12. The summed E-state index contributed by atoms with van der Waals surface area (Å²) in [5.74, 6) is 1.35. The number of esters is 1. The van der Waals surface area contributed by atoms with Gasteiger partial charge in [0.15, 0.2) is 0 Å². The maximum Gasteiger partial charge on any atom is 0.309 e. The summed E-state index contributed by atoms with van der Waals surface area (Å²) in [5, 5.41) is 9.59. The Kier molecular flexibility index (Phi) is 11.6. The molecule has 7 atom stereocenters. The second-order valence-corrected chi connectivity index (χ2v) is 11.4. The van der Waals surface area contributed by atoms with Gasteiger partial charge in [0.25, 0.3) is 0 Å². The maximum absolute atomic E-state index is 12.8. The van der Waals surface area contributed by atoms with Crippen LogP contribution >= 0.6 is 0 Å². The Hall–Kier alpha value is -1.06. The van der Waals surface area contributed by atoms with E-state index in [0.717, 1.165) is 18.8 Å². The molecule has 0 aromatic carbocycles. The Balaban J connectivity index is 1.89. The van der Waals surface area contributed by atoms with E-state index in [0.29, 0.717) is 49.0 Å². The van der Waals surface area contributed by atoms with Gasteiger partial charge in [-0.1, -0.05) is 73.1 Å². The predicted molar refractivity (Wildman–Crippen MR) is 130 cm³/mol. The van der Waals surface area contributed by atoms with Crippen LogP contribution < -0.4 is 0 Å². The molecule has 4 nitrogen and oxygen atoms in total. The molecule has 32 heavy (non-hydrogen) atoms. The minimum absolute atomic E-state index is 0.269. The van der Waals surface area contributed by atoms with Crippen molar-refractivity contribution in [2.45, 2.75) is 112 Å². The molecule has 0 aromatic rings. The third kappa shape index (κ3) is 7.76. The van der Waals surface area contributed by atoms with Crippen molar-refractivity contribution in [3.63, 3.8) is 0 Å². The number of carbonyl (C=O) groups is 2.